The van der Waals surface area contributed by atoms with E-state index < -0.39 is 0 Å². The van der Waals surface area contributed by atoms with E-state index in [1.807, 2.05) is 13.1 Å². The van der Waals surface area contributed by atoms with Gasteiger partial charge in [-0.3, -0.25) is 13.9 Å². The van der Waals surface area contributed by atoms with Gasteiger partial charge < -0.3 is 4.57 Å². The van der Waals surface area contributed by atoms with Crippen molar-refractivity contribution in [2.24, 2.45) is 21.1 Å². The molecule has 3 rings (SSSR count). The van der Waals surface area contributed by atoms with Gasteiger partial charge in [-0.1, -0.05) is 0 Å². The number of aryl methyl sites for hydroxylation is 2. The number of imidazole rings is 1. The van der Waals surface area contributed by atoms with E-state index in [2.05, 4.69) is 4.98 Å². The Hall–Kier alpha value is -2.37. The van der Waals surface area contributed by atoms with Gasteiger partial charge in [0.05, 0.1) is 28.3 Å². The van der Waals surface area contributed by atoms with E-state index >= 15 is 0 Å². The van der Waals surface area contributed by atoms with Crippen LogP contribution in [0.1, 0.15) is 0 Å². The molecule has 0 aliphatic heterocycles. The van der Waals surface area contributed by atoms with E-state index in [0.717, 1.165) is 15.6 Å². The van der Waals surface area contributed by atoms with Crippen LogP contribution in [0, 0.1) is 0 Å². The fourth-order valence-electron chi connectivity index (χ4n) is 2.31. The molecule has 0 saturated heterocycles. The van der Waals surface area contributed by atoms with Gasteiger partial charge in [-0.25, -0.2) is 9.78 Å². The van der Waals surface area contributed by atoms with Crippen molar-refractivity contribution >= 4 is 21.9 Å². The van der Waals surface area contributed by atoms with Crippen molar-refractivity contribution in [2.45, 2.75) is 0 Å². The Kier molecular flexibility index (Phi) is 1.98. The third-order valence-corrected chi connectivity index (χ3v) is 3.31. The van der Waals surface area contributed by atoms with Gasteiger partial charge in [0.25, 0.3) is 5.56 Å². The average molecular weight is 244 g/mol. The highest BCUT2D eigenvalue weighted by atomic mass is 16.2. The molecule has 3 aromatic rings. The molecule has 0 bridgehead atoms. The van der Waals surface area contributed by atoms with E-state index in [4.69, 9.17) is 0 Å². The highest BCUT2D eigenvalue weighted by Crippen LogP contribution is 2.19. The minimum Gasteiger partial charge on any atom is -0.333 e. The molecule has 18 heavy (non-hydrogen) atoms. The molecule has 0 atom stereocenters. The molecule has 6 heteroatoms. The van der Waals surface area contributed by atoms with Crippen molar-refractivity contribution in [3.8, 4) is 0 Å². The lowest BCUT2D eigenvalue weighted by atomic mass is 10.2. The lowest BCUT2D eigenvalue weighted by Crippen LogP contribution is -2.37. The summed E-state index contributed by atoms with van der Waals surface area (Å²) in [4.78, 5) is 28.4. The molecule has 0 saturated carbocycles. The largest absolute Gasteiger partial charge is 0.333 e. The predicted octanol–water partition coefficient (Wildman–Crippen LogP) is 0.124. The molecule has 6 nitrogen and oxygen atoms in total. The molecule has 92 valence electrons. The van der Waals surface area contributed by atoms with E-state index in [-0.39, 0.29) is 11.2 Å². The van der Waals surface area contributed by atoms with Crippen LogP contribution in [0.25, 0.3) is 21.9 Å². The van der Waals surface area contributed by atoms with E-state index in [0.29, 0.717) is 10.9 Å². The fraction of sp³-hybridized carbons (Fsp3) is 0.250. The van der Waals surface area contributed by atoms with Gasteiger partial charge in [-0.15, -0.1) is 0 Å². The molecule has 0 aliphatic carbocycles. The topological polar surface area (TPSA) is 61.8 Å². The number of hydrogen-bond donors (Lipinski definition) is 0. The Morgan fingerprint density at radius 3 is 2.50 bits per heavy atom. The smallest absolute Gasteiger partial charge is 0.330 e. The summed E-state index contributed by atoms with van der Waals surface area (Å²) >= 11 is 0. The molecular formula is C12H12N4O2. The first kappa shape index (κ1) is 10.8. The monoisotopic (exact) mass is 244 g/mol. The zero-order chi connectivity index (χ0) is 13.0. The summed E-state index contributed by atoms with van der Waals surface area (Å²) in [5, 5.41) is 0.525. The van der Waals surface area contributed by atoms with Crippen LogP contribution in [-0.4, -0.2) is 18.7 Å². The zero-order valence-electron chi connectivity index (χ0n) is 10.3. The Morgan fingerprint density at radius 2 is 1.78 bits per heavy atom. The first-order valence-corrected chi connectivity index (χ1v) is 5.52. The summed E-state index contributed by atoms with van der Waals surface area (Å²) in [5.41, 5.74) is 1.51. The van der Waals surface area contributed by atoms with Crippen molar-refractivity contribution in [1.82, 2.24) is 18.7 Å². The summed E-state index contributed by atoms with van der Waals surface area (Å²) in [7, 11) is 4.98. The molecule has 0 amide bonds. The maximum Gasteiger partial charge on any atom is 0.330 e. The van der Waals surface area contributed by atoms with Crippen molar-refractivity contribution in [3.05, 3.63) is 39.3 Å². The lowest BCUT2D eigenvalue weighted by Gasteiger charge is -2.08. The summed E-state index contributed by atoms with van der Waals surface area (Å²) < 4.78 is 4.39. The van der Waals surface area contributed by atoms with Gasteiger partial charge in [0.1, 0.15) is 0 Å². The standard InChI is InChI=1S/C12H12N4O2/c1-14-6-13-7-4-5-8-9(10(7)14)11(17)16(3)12(18)15(8)2/h4-6H,1-3H3. The van der Waals surface area contributed by atoms with Crippen molar-refractivity contribution in [1.29, 1.82) is 0 Å². The first-order chi connectivity index (χ1) is 8.52. The van der Waals surface area contributed by atoms with Crippen LogP contribution in [0.2, 0.25) is 0 Å². The molecule has 0 aliphatic rings. The Labute approximate surface area is 102 Å². The summed E-state index contributed by atoms with van der Waals surface area (Å²) in [5.74, 6) is 0. The van der Waals surface area contributed by atoms with Gasteiger partial charge in [0, 0.05) is 21.1 Å². The Balaban J connectivity index is 2.80. The van der Waals surface area contributed by atoms with E-state index in [1.54, 1.807) is 24.0 Å². The maximum absolute atomic E-state index is 12.3. The molecule has 0 radical (unpaired) electrons. The highest BCUT2D eigenvalue weighted by Gasteiger charge is 2.13. The third kappa shape index (κ3) is 1.14. The molecule has 0 fully saturated rings. The van der Waals surface area contributed by atoms with Crippen LogP contribution in [0.4, 0.5) is 0 Å². The second kappa shape index (κ2) is 3.32. The minimum absolute atomic E-state index is 0.290. The normalized spacial score (nSPS) is 11.5. The van der Waals surface area contributed by atoms with Crippen molar-refractivity contribution in [2.75, 3.05) is 0 Å². The third-order valence-electron chi connectivity index (χ3n) is 3.31. The second-order valence-electron chi connectivity index (χ2n) is 4.39. The molecule has 0 spiro atoms. The number of fused-ring (bicyclic) bond motifs is 3. The summed E-state index contributed by atoms with van der Waals surface area (Å²) in [6, 6.07) is 3.57. The summed E-state index contributed by atoms with van der Waals surface area (Å²) in [6.07, 6.45) is 1.66. The van der Waals surface area contributed by atoms with Gasteiger partial charge in [0.15, 0.2) is 0 Å². The zero-order valence-corrected chi connectivity index (χ0v) is 10.3. The molecule has 0 N–H and O–H groups in total. The van der Waals surface area contributed by atoms with Gasteiger partial charge in [-0.05, 0) is 12.1 Å². The van der Waals surface area contributed by atoms with Crippen molar-refractivity contribution in [3.63, 3.8) is 0 Å². The maximum atomic E-state index is 12.3. The number of rotatable bonds is 0. The van der Waals surface area contributed by atoms with Crippen LogP contribution in [0.15, 0.2) is 28.0 Å². The van der Waals surface area contributed by atoms with Crippen LogP contribution in [0.3, 0.4) is 0 Å². The van der Waals surface area contributed by atoms with Gasteiger partial charge in [0.2, 0.25) is 0 Å². The number of benzene rings is 1. The number of nitrogens with zero attached hydrogens (tertiary/aromatic N) is 4. The molecule has 2 aromatic heterocycles. The molecule has 1 aromatic carbocycles. The quantitative estimate of drug-likeness (QED) is 0.564. The van der Waals surface area contributed by atoms with Crippen LogP contribution < -0.4 is 11.2 Å². The second-order valence-corrected chi connectivity index (χ2v) is 4.39. The first-order valence-electron chi connectivity index (χ1n) is 5.52. The minimum atomic E-state index is -0.325. The molecule has 2 heterocycles. The molecule has 0 unspecified atom stereocenters. The highest BCUT2D eigenvalue weighted by molar-refractivity contribution is 6.02. The predicted molar refractivity (Wildman–Crippen MR) is 68.7 cm³/mol. The number of aromatic nitrogens is 4. The summed E-state index contributed by atoms with van der Waals surface area (Å²) in [6.45, 7) is 0. The van der Waals surface area contributed by atoms with Crippen LogP contribution >= 0.6 is 0 Å². The molecular weight excluding hydrogens is 232 g/mol. The Morgan fingerprint density at radius 1 is 1.06 bits per heavy atom. The average Bonchev–Trinajstić information content (AvgIpc) is 2.75. The van der Waals surface area contributed by atoms with Crippen LogP contribution in [0.5, 0.6) is 0 Å². The lowest BCUT2D eigenvalue weighted by molar-refractivity contribution is 0.714. The van der Waals surface area contributed by atoms with Gasteiger partial charge in [-0.2, -0.15) is 0 Å². The van der Waals surface area contributed by atoms with Crippen molar-refractivity contribution < 1.29 is 0 Å². The fourth-order valence-corrected chi connectivity index (χ4v) is 2.31. The number of hydrogen-bond acceptors (Lipinski definition) is 3. The van der Waals surface area contributed by atoms with Crippen LogP contribution in [-0.2, 0) is 21.1 Å². The SMILES string of the molecule is Cn1c(=O)c2c3c(ccc2n(C)c1=O)ncn3C. The van der Waals surface area contributed by atoms with E-state index in [9.17, 15) is 9.59 Å². The van der Waals surface area contributed by atoms with Gasteiger partial charge >= 0.3 is 5.69 Å². The van der Waals surface area contributed by atoms with E-state index in [1.165, 1.54) is 11.6 Å². The Bertz CT molecular complexity index is 898.